The third-order valence-corrected chi connectivity index (χ3v) is 5.70. The molecule has 3 rings (SSSR count). The van der Waals surface area contributed by atoms with Crippen LogP contribution in [0.25, 0.3) is 21.9 Å². The third kappa shape index (κ3) is 4.29. The normalized spacial score (nSPS) is 11.7. The Kier molecular flexibility index (Phi) is 6.68. The van der Waals surface area contributed by atoms with Gasteiger partial charge in [-0.2, -0.15) is 0 Å². The van der Waals surface area contributed by atoms with E-state index < -0.39 is 0 Å². The summed E-state index contributed by atoms with van der Waals surface area (Å²) in [5.74, 6) is 1.50. The minimum Gasteiger partial charge on any atom is -0.507 e. The number of phenols is 2. The molecule has 31 heavy (non-hydrogen) atoms. The van der Waals surface area contributed by atoms with Crippen LogP contribution in [0, 0.1) is 11.8 Å². The van der Waals surface area contributed by atoms with Crippen LogP contribution in [0.2, 0.25) is 0 Å². The van der Waals surface area contributed by atoms with Crippen LogP contribution >= 0.6 is 0 Å². The van der Waals surface area contributed by atoms with Crippen LogP contribution in [0.3, 0.4) is 0 Å². The number of hydrogen-bond acceptors (Lipinski definition) is 6. The molecule has 0 atom stereocenters. The van der Waals surface area contributed by atoms with Crippen LogP contribution < -0.4 is 14.9 Å². The first-order chi connectivity index (χ1) is 14.7. The van der Waals surface area contributed by atoms with Crippen molar-refractivity contribution in [1.29, 1.82) is 0 Å². The second kappa shape index (κ2) is 9.08. The first kappa shape index (κ1) is 22.8. The Morgan fingerprint density at radius 1 is 0.871 bits per heavy atom. The second-order valence-electron chi connectivity index (χ2n) is 8.86. The number of fused-ring (bicyclic) bond motifs is 2. The zero-order valence-corrected chi connectivity index (χ0v) is 19.2. The zero-order valence-electron chi connectivity index (χ0n) is 19.2. The summed E-state index contributed by atoms with van der Waals surface area (Å²) in [5.41, 5.74) is 1.22. The highest BCUT2D eigenvalue weighted by Crippen LogP contribution is 2.41. The Balaban J connectivity index is 2.38. The van der Waals surface area contributed by atoms with Gasteiger partial charge in [-0.1, -0.05) is 27.7 Å². The number of phenolic OH excluding ortho intramolecular Hbond substituents is 2. The van der Waals surface area contributed by atoms with Crippen LogP contribution in [-0.2, 0) is 12.8 Å². The summed E-state index contributed by atoms with van der Waals surface area (Å²) < 4.78 is 17.1. The highest BCUT2D eigenvalue weighted by molar-refractivity contribution is 5.97. The number of benzene rings is 2. The summed E-state index contributed by atoms with van der Waals surface area (Å²) in [4.78, 5) is 13.6. The van der Waals surface area contributed by atoms with Crippen molar-refractivity contribution >= 4 is 21.9 Å². The predicted octanol–water partition coefficient (Wildman–Crippen LogP) is 5.55. The molecule has 0 aliphatic heterocycles. The van der Waals surface area contributed by atoms with Gasteiger partial charge in [0.1, 0.15) is 28.1 Å². The highest BCUT2D eigenvalue weighted by atomic mass is 16.5. The third-order valence-electron chi connectivity index (χ3n) is 5.70. The number of aromatic hydroxyl groups is 2. The zero-order chi connectivity index (χ0) is 22.9. The standard InChI is InChI=1S/C25H32O6/c1-13(2)7-9-15-17(26)11-18-22(23(15)27)24(28)21-16(10-8-14(3)4)25(30-6)20(29-5)12-19(21)31-18/h11-14,26-27H,7-10H2,1-6H3. The Hall–Kier alpha value is -2.89. The van der Waals surface area contributed by atoms with Crippen LogP contribution in [0.15, 0.2) is 21.3 Å². The fraction of sp³-hybridized carbons (Fsp3) is 0.480. The van der Waals surface area contributed by atoms with E-state index in [4.69, 9.17) is 13.9 Å². The minimum atomic E-state index is -0.334. The maximum atomic E-state index is 13.6. The van der Waals surface area contributed by atoms with Crippen molar-refractivity contribution in [3.8, 4) is 23.0 Å². The van der Waals surface area contributed by atoms with Gasteiger partial charge in [-0.3, -0.25) is 4.79 Å². The van der Waals surface area contributed by atoms with Crippen molar-refractivity contribution in [2.75, 3.05) is 14.2 Å². The van der Waals surface area contributed by atoms with Gasteiger partial charge in [0.05, 0.1) is 19.6 Å². The van der Waals surface area contributed by atoms with Gasteiger partial charge in [-0.25, -0.2) is 0 Å². The van der Waals surface area contributed by atoms with E-state index in [9.17, 15) is 15.0 Å². The molecular formula is C25H32O6. The molecule has 1 heterocycles. The van der Waals surface area contributed by atoms with Gasteiger partial charge in [0.2, 0.25) is 5.43 Å². The lowest BCUT2D eigenvalue weighted by atomic mass is 9.95. The van der Waals surface area contributed by atoms with E-state index in [1.807, 2.05) is 0 Å². The molecule has 0 aliphatic carbocycles. The van der Waals surface area contributed by atoms with E-state index in [2.05, 4.69) is 27.7 Å². The Labute approximate surface area is 182 Å². The van der Waals surface area contributed by atoms with Gasteiger partial charge >= 0.3 is 0 Å². The largest absolute Gasteiger partial charge is 0.507 e. The fourth-order valence-electron chi connectivity index (χ4n) is 3.94. The molecule has 0 bridgehead atoms. The second-order valence-corrected chi connectivity index (χ2v) is 8.86. The van der Waals surface area contributed by atoms with Gasteiger partial charge in [0.25, 0.3) is 0 Å². The van der Waals surface area contributed by atoms with Gasteiger partial charge in [0, 0.05) is 23.3 Å². The molecule has 6 heteroatoms. The van der Waals surface area contributed by atoms with Crippen LogP contribution in [0.4, 0.5) is 0 Å². The lowest BCUT2D eigenvalue weighted by Gasteiger charge is -2.17. The number of ether oxygens (including phenoxy) is 2. The summed E-state index contributed by atoms with van der Waals surface area (Å²) in [5, 5.41) is 21.9. The maximum Gasteiger partial charge on any atom is 0.204 e. The van der Waals surface area contributed by atoms with Crippen molar-refractivity contribution in [1.82, 2.24) is 0 Å². The molecule has 0 aliphatic rings. The lowest BCUT2D eigenvalue weighted by Crippen LogP contribution is -2.09. The molecule has 2 aromatic carbocycles. The summed E-state index contributed by atoms with van der Waals surface area (Å²) in [6.07, 6.45) is 2.69. The van der Waals surface area contributed by atoms with Crippen LogP contribution in [-0.4, -0.2) is 24.4 Å². The quantitative estimate of drug-likeness (QED) is 0.457. The van der Waals surface area contributed by atoms with E-state index >= 15 is 0 Å². The molecule has 0 fully saturated rings. The molecule has 3 aromatic rings. The average molecular weight is 429 g/mol. The van der Waals surface area contributed by atoms with Crippen LogP contribution in [0.1, 0.15) is 51.7 Å². The van der Waals surface area contributed by atoms with Crippen LogP contribution in [0.5, 0.6) is 23.0 Å². The smallest absolute Gasteiger partial charge is 0.204 e. The van der Waals surface area contributed by atoms with Crippen molar-refractivity contribution in [2.24, 2.45) is 11.8 Å². The summed E-state index contributed by atoms with van der Waals surface area (Å²) in [6, 6.07) is 3.03. The molecule has 0 spiro atoms. The SMILES string of the molecule is COc1cc2oc3cc(O)c(CCC(C)C)c(O)c3c(=O)c2c(CCC(C)C)c1OC. The summed E-state index contributed by atoms with van der Waals surface area (Å²) >= 11 is 0. The van der Waals surface area contributed by atoms with E-state index in [0.29, 0.717) is 58.3 Å². The van der Waals surface area contributed by atoms with Gasteiger partial charge < -0.3 is 24.1 Å². The first-order valence-electron chi connectivity index (χ1n) is 10.8. The Bertz CT molecular complexity index is 1160. The number of rotatable bonds is 8. The molecule has 0 unspecified atom stereocenters. The van der Waals surface area contributed by atoms with E-state index in [-0.39, 0.29) is 27.9 Å². The van der Waals surface area contributed by atoms with E-state index in [1.54, 1.807) is 13.2 Å². The molecule has 0 saturated heterocycles. The molecule has 2 N–H and O–H groups in total. The van der Waals surface area contributed by atoms with E-state index in [0.717, 1.165) is 12.8 Å². The molecule has 0 saturated carbocycles. The number of aryl methyl sites for hydroxylation is 1. The summed E-state index contributed by atoms with van der Waals surface area (Å²) in [7, 11) is 3.08. The van der Waals surface area contributed by atoms with Gasteiger partial charge in [-0.05, 0) is 37.5 Å². The highest BCUT2D eigenvalue weighted by Gasteiger charge is 2.24. The monoisotopic (exact) mass is 428 g/mol. The molecule has 0 amide bonds. The van der Waals surface area contributed by atoms with Gasteiger partial charge in [0.15, 0.2) is 11.5 Å². The van der Waals surface area contributed by atoms with Crippen molar-refractivity contribution in [3.63, 3.8) is 0 Å². The Morgan fingerprint density at radius 2 is 1.45 bits per heavy atom. The maximum absolute atomic E-state index is 13.6. The molecule has 6 nitrogen and oxygen atoms in total. The number of methoxy groups -OCH3 is 2. The van der Waals surface area contributed by atoms with Gasteiger partial charge in [-0.15, -0.1) is 0 Å². The predicted molar refractivity (Wildman–Crippen MR) is 123 cm³/mol. The fourth-order valence-corrected chi connectivity index (χ4v) is 3.94. The first-order valence-corrected chi connectivity index (χ1v) is 10.8. The van der Waals surface area contributed by atoms with Crippen molar-refractivity contribution in [3.05, 3.63) is 33.5 Å². The molecular weight excluding hydrogens is 396 g/mol. The molecule has 0 radical (unpaired) electrons. The van der Waals surface area contributed by atoms with E-state index in [1.165, 1.54) is 13.2 Å². The topological polar surface area (TPSA) is 89.1 Å². The van der Waals surface area contributed by atoms with Crippen molar-refractivity contribution in [2.45, 2.75) is 53.4 Å². The molecule has 1 aromatic heterocycles. The lowest BCUT2D eigenvalue weighted by molar-refractivity contribution is 0.351. The molecule has 168 valence electrons. The van der Waals surface area contributed by atoms with Crippen molar-refractivity contribution < 1.29 is 24.1 Å². The number of hydrogen-bond donors (Lipinski definition) is 2. The Morgan fingerprint density at radius 3 is 2.00 bits per heavy atom. The average Bonchev–Trinajstić information content (AvgIpc) is 2.70. The summed E-state index contributed by atoms with van der Waals surface area (Å²) in [6.45, 7) is 8.36. The minimum absolute atomic E-state index is 0.0753.